The van der Waals surface area contributed by atoms with Crippen molar-refractivity contribution < 1.29 is 23.2 Å². The molecule has 0 amide bonds. The van der Waals surface area contributed by atoms with Crippen LogP contribution in [0.4, 0.5) is 0 Å². The molecule has 4 nitrogen and oxygen atoms in total. The Morgan fingerprint density at radius 1 is 1.24 bits per heavy atom. The lowest BCUT2D eigenvalue weighted by Gasteiger charge is -2.05. The zero-order chi connectivity index (χ0) is 16.3. The molecule has 1 aromatic carbocycles. The summed E-state index contributed by atoms with van der Waals surface area (Å²) in [5, 5.41) is 8.90. The summed E-state index contributed by atoms with van der Waals surface area (Å²) in [7, 11) is -4.23. The van der Waals surface area contributed by atoms with Gasteiger partial charge in [0.05, 0.1) is 16.9 Å². The SMILES string of the molecule is [2H]C([2H])(O)CCCC([2H])([2H])OS(=O)(=O)c1ccc(C)cc1. The third-order valence-corrected chi connectivity index (χ3v) is 3.23. The molecule has 96 valence electrons. The maximum absolute atomic E-state index is 11.9. The Balaban J connectivity index is 2.71. The molecule has 0 aliphatic carbocycles. The van der Waals surface area contributed by atoms with Gasteiger partial charge < -0.3 is 5.11 Å². The highest BCUT2D eigenvalue weighted by molar-refractivity contribution is 7.86. The fourth-order valence-corrected chi connectivity index (χ4v) is 1.92. The molecule has 0 saturated carbocycles. The van der Waals surface area contributed by atoms with E-state index in [2.05, 4.69) is 4.18 Å². The maximum Gasteiger partial charge on any atom is 0.296 e. The largest absolute Gasteiger partial charge is 0.396 e. The number of aliphatic hydroxyl groups is 1. The number of hydrogen-bond donors (Lipinski definition) is 1. The van der Waals surface area contributed by atoms with Crippen molar-refractivity contribution in [1.82, 2.24) is 0 Å². The van der Waals surface area contributed by atoms with Crippen LogP contribution in [0.5, 0.6) is 0 Å². The van der Waals surface area contributed by atoms with E-state index in [1.165, 1.54) is 12.1 Å². The molecule has 0 aliphatic rings. The first-order valence-electron chi connectivity index (χ1n) is 7.16. The van der Waals surface area contributed by atoms with Crippen LogP contribution in [-0.4, -0.2) is 26.6 Å². The summed E-state index contributed by atoms with van der Waals surface area (Å²) in [5.74, 6) is 0. The summed E-state index contributed by atoms with van der Waals surface area (Å²) in [6, 6.07) is 5.80. The topological polar surface area (TPSA) is 63.6 Å². The molecule has 0 fully saturated rings. The van der Waals surface area contributed by atoms with Crippen LogP contribution in [0.2, 0.25) is 0 Å². The number of hydrogen-bond acceptors (Lipinski definition) is 4. The molecule has 5 heteroatoms. The van der Waals surface area contributed by atoms with Gasteiger partial charge in [-0.25, -0.2) is 0 Å². The van der Waals surface area contributed by atoms with Crippen molar-refractivity contribution in [2.45, 2.75) is 31.1 Å². The van der Waals surface area contributed by atoms with E-state index in [1.807, 2.05) is 0 Å². The number of aryl methyl sites for hydroxylation is 1. The van der Waals surface area contributed by atoms with E-state index in [0.717, 1.165) is 5.56 Å². The molecule has 1 aromatic rings. The van der Waals surface area contributed by atoms with Gasteiger partial charge >= 0.3 is 0 Å². The highest BCUT2D eigenvalue weighted by Gasteiger charge is 2.13. The zero-order valence-corrected chi connectivity index (χ0v) is 10.3. The maximum atomic E-state index is 11.9. The Kier molecular flexibility index (Phi) is 3.60. The van der Waals surface area contributed by atoms with Crippen molar-refractivity contribution in [3.63, 3.8) is 0 Å². The highest BCUT2D eigenvalue weighted by atomic mass is 32.2. The van der Waals surface area contributed by atoms with Gasteiger partial charge in [-0.15, -0.1) is 0 Å². The van der Waals surface area contributed by atoms with Gasteiger partial charge in [0, 0.05) is 6.56 Å². The summed E-state index contributed by atoms with van der Waals surface area (Å²) in [6.07, 6.45) is -0.710. The van der Waals surface area contributed by atoms with Crippen molar-refractivity contribution in [1.29, 1.82) is 0 Å². The summed E-state index contributed by atoms with van der Waals surface area (Å²) in [4.78, 5) is -0.144. The number of benzene rings is 1. The smallest absolute Gasteiger partial charge is 0.296 e. The van der Waals surface area contributed by atoms with E-state index in [4.69, 9.17) is 10.6 Å². The van der Waals surface area contributed by atoms with Crippen molar-refractivity contribution in [3.05, 3.63) is 29.8 Å². The first kappa shape index (κ1) is 9.08. The molecular formula is C12H18O4S. The van der Waals surface area contributed by atoms with E-state index in [1.54, 1.807) is 19.1 Å². The second-order valence-electron chi connectivity index (χ2n) is 3.51. The van der Waals surface area contributed by atoms with E-state index < -0.39 is 23.2 Å². The average Bonchev–Trinajstić information content (AvgIpc) is 2.25. The fourth-order valence-electron chi connectivity index (χ4n) is 1.11. The molecule has 1 rings (SSSR count). The van der Waals surface area contributed by atoms with Crippen LogP contribution in [0.25, 0.3) is 0 Å². The third kappa shape index (κ3) is 4.85. The van der Waals surface area contributed by atoms with Crippen LogP contribution in [0, 0.1) is 6.92 Å². The van der Waals surface area contributed by atoms with Crippen LogP contribution in [0.15, 0.2) is 29.2 Å². The first-order valence-corrected chi connectivity index (χ1v) is 6.57. The summed E-state index contributed by atoms with van der Waals surface area (Å²) < 4.78 is 57.3. The van der Waals surface area contributed by atoms with Gasteiger partial charge in [-0.1, -0.05) is 17.7 Å². The van der Waals surface area contributed by atoms with Crippen molar-refractivity contribution in [3.8, 4) is 0 Å². The van der Waals surface area contributed by atoms with Gasteiger partial charge in [-0.3, -0.25) is 4.18 Å². The Morgan fingerprint density at radius 3 is 2.47 bits per heavy atom. The van der Waals surface area contributed by atoms with E-state index in [0.29, 0.717) is 0 Å². The van der Waals surface area contributed by atoms with Crippen molar-refractivity contribution in [2.75, 3.05) is 13.1 Å². The van der Waals surface area contributed by atoms with Crippen molar-refractivity contribution in [2.24, 2.45) is 0 Å². The van der Waals surface area contributed by atoms with Crippen LogP contribution < -0.4 is 0 Å². The van der Waals surface area contributed by atoms with Gasteiger partial charge in [0.15, 0.2) is 0 Å². The monoisotopic (exact) mass is 262 g/mol. The number of rotatable bonds is 7. The molecule has 0 aromatic heterocycles. The standard InChI is InChI=1S/C12H18O4S/c1-11-5-7-12(8-6-11)17(14,15)16-10-4-2-3-9-13/h5-8,13H,2-4,9-10H2,1H3/i9D2,10D2. The Hall–Kier alpha value is -0.910. The molecule has 0 heterocycles. The quantitative estimate of drug-likeness (QED) is 0.762. The summed E-state index contributed by atoms with van der Waals surface area (Å²) in [6.45, 7) is -3.08. The predicted octanol–water partition coefficient (Wildman–Crippen LogP) is 1.86. The minimum atomic E-state index is -4.23. The normalized spacial score (nSPS) is 16.8. The second-order valence-corrected chi connectivity index (χ2v) is 5.05. The van der Waals surface area contributed by atoms with Crippen molar-refractivity contribution >= 4 is 10.1 Å². The fraction of sp³-hybridized carbons (Fsp3) is 0.500. The van der Waals surface area contributed by atoms with Crippen LogP contribution in [0.3, 0.4) is 0 Å². The highest BCUT2D eigenvalue weighted by Crippen LogP contribution is 2.13. The second kappa shape index (κ2) is 6.74. The molecule has 0 bridgehead atoms. The van der Waals surface area contributed by atoms with Crippen LogP contribution in [0.1, 0.15) is 30.3 Å². The average molecular weight is 262 g/mol. The molecule has 0 atom stereocenters. The lowest BCUT2D eigenvalue weighted by Crippen LogP contribution is -2.07. The molecule has 0 saturated heterocycles. The Bertz CT molecular complexity index is 564. The molecule has 1 N–H and O–H groups in total. The minimum Gasteiger partial charge on any atom is -0.396 e. The van der Waals surface area contributed by atoms with Crippen LogP contribution in [-0.2, 0) is 14.3 Å². The lowest BCUT2D eigenvalue weighted by atomic mass is 10.2. The van der Waals surface area contributed by atoms with Gasteiger partial charge in [-0.05, 0) is 38.3 Å². The predicted molar refractivity (Wildman–Crippen MR) is 65.3 cm³/mol. The van der Waals surface area contributed by atoms with Gasteiger partial charge in [-0.2, -0.15) is 8.42 Å². The summed E-state index contributed by atoms with van der Waals surface area (Å²) >= 11 is 0. The summed E-state index contributed by atoms with van der Waals surface area (Å²) in [5.41, 5.74) is 0.863. The molecule has 0 unspecified atom stereocenters. The van der Waals surface area contributed by atoms with E-state index >= 15 is 0 Å². The molecule has 0 spiro atoms. The van der Waals surface area contributed by atoms with Crippen LogP contribution >= 0.6 is 0 Å². The molecule has 0 aliphatic heterocycles. The van der Waals surface area contributed by atoms with Gasteiger partial charge in [0.25, 0.3) is 10.1 Å². The van der Waals surface area contributed by atoms with E-state index in [-0.39, 0.29) is 24.2 Å². The van der Waals surface area contributed by atoms with Gasteiger partial charge in [0.2, 0.25) is 0 Å². The molecule has 0 radical (unpaired) electrons. The zero-order valence-electron chi connectivity index (χ0n) is 13.5. The van der Waals surface area contributed by atoms with E-state index in [9.17, 15) is 8.42 Å². The Labute approximate surface area is 108 Å². The minimum absolute atomic E-state index is 0.0556. The molecule has 17 heavy (non-hydrogen) atoms. The third-order valence-electron chi connectivity index (χ3n) is 2.05. The van der Waals surface area contributed by atoms with Gasteiger partial charge in [0.1, 0.15) is 0 Å². The molecular weight excluding hydrogens is 240 g/mol. The first-order chi connectivity index (χ1) is 9.41. The Morgan fingerprint density at radius 2 is 1.88 bits per heavy atom. The lowest BCUT2D eigenvalue weighted by molar-refractivity contribution is 0.268.